The molecule has 0 rings (SSSR count). The maximum atomic E-state index is 9.98. The first-order valence-corrected chi connectivity index (χ1v) is 6.44. The Hall–Kier alpha value is -0.0800. The zero-order valence-corrected chi connectivity index (χ0v) is 10.7. The van der Waals surface area contributed by atoms with Crippen LogP contribution in [0.3, 0.4) is 0 Å². The lowest BCUT2D eigenvalue weighted by molar-refractivity contribution is 0.00420. The fourth-order valence-electron chi connectivity index (χ4n) is 2.47. The van der Waals surface area contributed by atoms with Crippen LogP contribution in [0.5, 0.6) is 0 Å². The van der Waals surface area contributed by atoms with Crippen LogP contribution >= 0.6 is 0 Å². The Morgan fingerprint density at radius 2 is 1.33 bits per heavy atom. The lowest BCUT2D eigenvalue weighted by atomic mass is 9.78. The maximum Gasteiger partial charge on any atom is 0.0569 e. The summed E-state index contributed by atoms with van der Waals surface area (Å²) < 4.78 is 0. The van der Waals surface area contributed by atoms with E-state index >= 15 is 0 Å². The highest BCUT2D eigenvalue weighted by Gasteiger charge is 2.29. The molecule has 0 radical (unpaired) electrons. The molecule has 0 heterocycles. The average molecular weight is 216 g/mol. The van der Waals surface area contributed by atoms with Gasteiger partial charge in [0, 0.05) is 0 Å². The third-order valence-corrected chi connectivity index (χ3v) is 3.33. The standard InChI is InChI=1S/C13H28O2/c1-5-8-11(10(4)14)12(9-6-2)13(15)7-3/h10-15H,5-9H2,1-4H3. The van der Waals surface area contributed by atoms with Crippen molar-refractivity contribution in [2.75, 3.05) is 0 Å². The fraction of sp³-hybridized carbons (Fsp3) is 1.00. The lowest BCUT2D eigenvalue weighted by Crippen LogP contribution is -2.33. The summed E-state index contributed by atoms with van der Waals surface area (Å²) in [6, 6.07) is 0. The van der Waals surface area contributed by atoms with Crippen LogP contribution in [0.4, 0.5) is 0 Å². The van der Waals surface area contributed by atoms with Crippen LogP contribution in [0.25, 0.3) is 0 Å². The van der Waals surface area contributed by atoms with Gasteiger partial charge in [0.05, 0.1) is 12.2 Å². The first-order valence-electron chi connectivity index (χ1n) is 6.44. The van der Waals surface area contributed by atoms with Crippen LogP contribution in [0, 0.1) is 11.8 Å². The van der Waals surface area contributed by atoms with Crippen molar-refractivity contribution in [1.82, 2.24) is 0 Å². The van der Waals surface area contributed by atoms with Crippen molar-refractivity contribution in [3.63, 3.8) is 0 Å². The first kappa shape index (κ1) is 14.9. The molecule has 0 aromatic heterocycles. The van der Waals surface area contributed by atoms with Gasteiger partial charge < -0.3 is 10.2 Å². The van der Waals surface area contributed by atoms with Crippen LogP contribution in [0.15, 0.2) is 0 Å². The van der Waals surface area contributed by atoms with Crippen molar-refractivity contribution in [1.29, 1.82) is 0 Å². The molecular formula is C13H28O2. The highest BCUT2D eigenvalue weighted by atomic mass is 16.3. The molecule has 4 unspecified atom stereocenters. The summed E-state index contributed by atoms with van der Waals surface area (Å²) in [4.78, 5) is 0. The Kier molecular flexibility index (Phi) is 8.07. The fourth-order valence-corrected chi connectivity index (χ4v) is 2.47. The zero-order valence-electron chi connectivity index (χ0n) is 10.7. The molecule has 4 atom stereocenters. The summed E-state index contributed by atoms with van der Waals surface area (Å²) in [5, 5.41) is 19.8. The van der Waals surface area contributed by atoms with Gasteiger partial charge in [0.2, 0.25) is 0 Å². The number of hydrogen-bond acceptors (Lipinski definition) is 2. The van der Waals surface area contributed by atoms with Gasteiger partial charge in [0.15, 0.2) is 0 Å². The van der Waals surface area contributed by atoms with Crippen LogP contribution in [-0.4, -0.2) is 22.4 Å². The molecule has 0 saturated heterocycles. The minimum absolute atomic E-state index is 0.254. The molecule has 2 N–H and O–H groups in total. The van der Waals surface area contributed by atoms with E-state index in [1.807, 2.05) is 13.8 Å². The highest BCUT2D eigenvalue weighted by Crippen LogP contribution is 2.29. The third kappa shape index (κ3) is 4.98. The largest absolute Gasteiger partial charge is 0.393 e. The maximum absolute atomic E-state index is 9.98. The lowest BCUT2D eigenvalue weighted by Gasteiger charge is -2.32. The van der Waals surface area contributed by atoms with Gasteiger partial charge in [-0.15, -0.1) is 0 Å². The number of aliphatic hydroxyl groups excluding tert-OH is 2. The van der Waals surface area contributed by atoms with E-state index in [-0.39, 0.29) is 24.0 Å². The summed E-state index contributed by atoms with van der Waals surface area (Å²) in [6.45, 7) is 8.14. The van der Waals surface area contributed by atoms with Crippen LogP contribution in [0.1, 0.15) is 59.8 Å². The number of aliphatic hydroxyl groups is 2. The Morgan fingerprint density at radius 3 is 1.67 bits per heavy atom. The Balaban J connectivity index is 4.50. The van der Waals surface area contributed by atoms with Crippen molar-refractivity contribution in [3.8, 4) is 0 Å². The van der Waals surface area contributed by atoms with Gasteiger partial charge in [-0.3, -0.25) is 0 Å². The number of hydrogen-bond donors (Lipinski definition) is 2. The van der Waals surface area contributed by atoms with Crippen molar-refractivity contribution >= 4 is 0 Å². The molecular weight excluding hydrogens is 188 g/mol. The molecule has 0 amide bonds. The smallest absolute Gasteiger partial charge is 0.0569 e. The molecule has 0 spiro atoms. The molecule has 2 nitrogen and oxygen atoms in total. The van der Waals surface area contributed by atoms with Crippen LogP contribution < -0.4 is 0 Å². The first-order chi connectivity index (χ1) is 7.08. The van der Waals surface area contributed by atoms with Crippen LogP contribution in [0.2, 0.25) is 0 Å². The van der Waals surface area contributed by atoms with E-state index in [1.54, 1.807) is 0 Å². The van der Waals surface area contributed by atoms with E-state index in [9.17, 15) is 10.2 Å². The van der Waals surface area contributed by atoms with Crippen molar-refractivity contribution in [2.45, 2.75) is 72.0 Å². The normalized spacial score (nSPS) is 19.6. The molecule has 0 aliphatic heterocycles. The topological polar surface area (TPSA) is 40.5 Å². The van der Waals surface area contributed by atoms with Crippen LogP contribution in [-0.2, 0) is 0 Å². The van der Waals surface area contributed by atoms with E-state index in [0.29, 0.717) is 0 Å². The SMILES string of the molecule is CCCC(C(C)O)C(CCC)C(O)CC. The highest BCUT2D eigenvalue weighted by molar-refractivity contribution is 4.79. The monoisotopic (exact) mass is 216 g/mol. The van der Waals surface area contributed by atoms with Crippen molar-refractivity contribution in [2.24, 2.45) is 11.8 Å². The van der Waals surface area contributed by atoms with Gasteiger partial charge in [0.25, 0.3) is 0 Å². The average Bonchev–Trinajstić information content (AvgIpc) is 2.21. The van der Waals surface area contributed by atoms with E-state index < -0.39 is 0 Å². The molecule has 0 fully saturated rings. The molecule has 0 aromatic carbocycles. The minimum Gasteiger partial charge on any atom is -0.393 e. The van der Waals surface area contributed by atoms with Gasteiger partial charge >= 0.3 is 0 Å². The third-order valence-electron chi connectivity index (χ3n) is 3.33. The Morgan fingerprint density at radius 1 is 0.867 bits per heavy atom. The summed E-state index contributed by atoms with van der Waals surface area (Å²) >= 11 is 0. The Bertz CT molecular complexity index is 145. The second-order valence-electron chi connectivity index (χ2n) is 4.62. The van der Waals surface area contributed by atoms with Gasteiger partial charge in [0.1, 0.15) is 0 Å². The van der Waals surface area contributed by atoms with Gasteiger partial charge in [-0.05, 0) is 38.0 Å². The summed E-state index contributed by atoms with van der Waals surface area (Å²) in [6.07, 6.45) is 4.42. The second kappa shape index (κ2) is 8.12. The molecule has 92 valence electrons. The van der Waals surface area contributed by atoms with Crippen molar-refractivity contribution in [3.05, 3.63) is 0 Å². The second-order valence-corrected chi connectivity index (χ2v) is 4.62. The van der Waals surface area contributed by atoms with E-state index in [2.05, 4.69) is 13.8 Å². The number of rotatable bonds is 8. The molecule has 0 aliphatic rings. The van der Waals surface area contributed by atoms with Gasteiger partial charge in [-0.2, -0.15) is 0 Å². The van der Waals surface area contributed by atoms with E-state index in [4.69, 9.17) is 0 Å². The van der Waals surface area contributed by atoms with Crippen molar-refractivity contribution < 1.29 is 10.2 Å². The molecule has 0 aliphatic carbocycles. The quantitative estimate of drug-likeness (QED) is 0.655. The zero-order chi connectivity index (χ0) is 11.8. The predicted molar refractivity (Wildman–Crippen MR) is 64.8 cm³/mol. The molecule has 0 aromatic rings. The van der Waals surface area contributed by atoms with E-state index in [1.165, 1.54) is 0 Å². The molecule has 15 heavy (non-hydrogen) atoms. The predicted octanol–water partition coefficient (Wildman–Crippen LogP) is 2.97. The summed E-state index contributed by atoms with van der Waals surface area (Å²) in [7, 11) is 0. The van der Waals surface area contributed by atoms with Gasteiger partial charge in [-0.25, -0.2) is 0 Å². The molecule has 2 heteroatoms. The molecule has 0 bridgehead atoms. The Labute approximate surface area is 94.7 Å². The van der Waals surface area contributed by atoms with Gasteiger partial charge in [-0.1, -0.05) is 33.6 Å². The van der Waals surface area contributed by atoms with E-state index in [0.717, 1.165) is 32.1 Å². The minimum atomic E-state index is -0.303. The summed E-state index contributed by atoms with van der Waals surface area (Å²) in [5.74, 6) is 0.518. The molecule has 0 saturated carbocycles. The summed E-state index contributed by atoms with van der Waals surface area (Å²) in [5.41, 5.74) is 0.